The van der Waals surface area contributed by atoms with Gasteiger partial charge in [-0.05, 0) is 97.5 Å². The largest absolute Gasteiger partial charge is 0.305 e. The molecule has 2 aromatic heterocycles. The van der Waals surface area contributed by atoms with Gasteiger partial charge in [-0.25, -0.2) is 0 Å². The van der Waals surface area contributed by atoms with E-state index in [0.717, 1.165) is 28.1 Å². The zero-order valence-electron chi connectivity index (χ0n) is 28.9. The first kappa shape index (κ1) is 35.2. The van der Waals surface area contributed by atoms with Crippen LogP contribution in [-0.2, 0) is 20.1 Å². The van der Waals surface area contributed by atoms with Crippen molar-refractivity contribution in [3.05, 3.63) is 219 Å². The predicted octanol–water partition coefficient (Wildman–Crippen LogP) is 12.9. The summed E-state index contributed by atoms with van der Waals surface area (Å²) in [6.45, 7) is 0. The van der Waals surface area contributed by atoms with Gasteiger partial charge in [-0.3, -0.25) is 0 Å². The summed E-state index contributed by atoms with van der Waals surface area (Å²) in [7, 11) is 0. The fourth-order valence-electron chi connectivity index (χ4n) is 6.46. The van der Waals surface area contributed by atoms with Crippen molar-refractivity contribution >= 4 is 10.8 Å². The van der Waals surface area contributed by atoms with E-state index in [9.17, 15) is 0 Å². The van der Waals surface area contributed by atoms with E-state index in [1.54, 1.807) is 0 Å². The van der Waals surface area contributed by atoms with Gasteiger partial charge in [0.25, 0.3) is 0 Å². The molecule has 0 N–H and O–H groups in total. The van der Waals surface area contributed by atoms with Crippen LogP contribution >= 0.6 is 0 Å². The Labute approximate surface area is 324 Å². The molecule has 53 heavy (non-hydrogen) atoms. The topological polar surface area (TPSA) is 25.8 Å². The van der Waals surface area contributed by atoms with Crippen LogP contribution < -0.4 is 0 Å². The molecule has 2 nitrogen and oxygen atoms in total. The van der Waals surface area contributed by atoms with Gasteiger partial charge in [-0.1, -0.05) is 115 Å². The number of pyridine rings is 2. The third-order valence-corrected chi connectivity index (χ3v) is 9.06. The molecule has 7 aromatic carbocycles. The molecule has 0 aliphatic rings. The number of fused-ring (bicyclic) bond motifs is 1. The Morgan fingerprint density at radius 1 is 0.340 bits per heavy atom. The Balaban J connectivity index is 0.000000214. The number of hydrogen-bond donors (Lipinski definition) is 0. The Morgan fingerprint density at radius 3 is 1.58 bits per heavy atom. The van der Waals surface area contributed by atoms with Gasteiger partial charge in [-0.2, -0.15) is 0 Å². The third kappa shape index (κ3) is 8.29. The van der Waals surface area contributed by atoms with Crippen LogP contribution in [0.1, 0.15) is 0 Å². The molecule has 0 fully saturated rings. The Morgan fingerprint density at radius 2 is 0.906 bits per heavy atom. The van der Waals surface area contributed by atoms with E-state index in [0.29, 0.717) is 0 Å². The normalized spacial score (nSPS) is 10.5. The zero-order valence-corrected chi connectivity index (χ0v) is 31.3. The molecule has 0 atom stereocenters. The number of aromatic nitrogens is 2. The van der Waals surface area contributed by atoms with Crippen LogP contribution in [0.15, 0.2) is 207 Å². The maximum Gasteiger partial charge on any atom is 0.0167 e. The van der Waals surface area contributed by atoms with Crippen LogP contribution in [0.2, 0.25) is 0 Å². The molecule has 0 spiro atoms. The fourth-order valence-corrected chi connectivity index (χ4v) is 6.46. The standard InChI is InChI=1S/C35H24N.C15H10N.Ir/c1-3-11-26(12-4-1)32-23-33(27-13-5-2-6-14-27)25-34(24-32)30-17-9-15-28(21-30)29-16-10-18-31(22-29)35-19-7-8-20-36-35;1-2-7-13(8-3-1)15-14-9-5-4-6-12(14)10-11-16-15;/h1-17,19-25H;1-7,9-11H;/q2*-1;. The van der Waals surface area contributed by atoms with E-state index < -0.39 is 0 Å². The van der Waals surface area contributed by atoms with Crippen molar-refractivity contribution in [1.82, 2.24) is 9.97 Å². The van der Waals surface area contributed by atoms with Crippen molar-refractivity contribution in [2.75, 3.05) is 0 Å². The maximum atomic E-state index is 4.49. The summed E-state index contributed by atoms with van der Waals surface area (Å²) in [5, 5.41) is 2.39. The minimum atomic E-state index is 0. The molecular weight excluding hydrogens is 821 g/mol. The van der Waals surface area contributed by atoms with E-state index in [2.05, 4.69) is 149 Å². The summed E-state index contributed by atoms with van der Waals surface area (Å²) >= 11 is 0. The van der Waals surface area contributed by atoms with E-state index in [-0.39, 0.29) is 20.1 Å². The first-order valence-electron chi connectivity index (χ1n) is 17.4. The molecule has 9 aromatic rings. The second-order valence-electron chi connectivity index (χ2n) is 12.5. The molecular formula is C50H34IrN2-2. The molecule has 0 aliphatic carbocycles. The van der Waals surface area contributed by atoms with E-state index in [4.69, 9.17) is 0 Å². The summed E-state index contributed by atoms with van der Waals surface area (Å²) in [4.78, 5) is 8.94. The summed E-state index contributed by atoms with van der Waals surface area (Å²) in [6, 6.07) is 73.8. The third-order valence-electron chi connectivity index (χ3n) is 9.06. The van der Waals surface area contributed by atoms with Gasteiger partial charge >= 0.3 is 0 Å². The van der Waals surface area contributed by atoms with Gasteiger partial charge in [0.15, 0.2) is 0 Å². The number of benzene rings is 7. The molecule has 0 saturated carbocycles. The van der Waals surface area contributed by atoms with Crippen LogP contribution in [0.25, 0.3) is 77.8 Å². The van der Waals surface area contributed by atoms with Gasteiger partial charge in [-0.15, -0.1) is 71.3 Å². The van der Waals surface area contributed by atoms with E-state index >= 15 is 0 Å². The van der Waals surface area contributed by atoms with Crippen LogP contribution in [0.4, 0.5) is 0 Å². The van der Waals surface area contributed by atoms with Crippen LogP contribution in [0.3, 0.4) is 0 Å². The molecule has 0 saturated heterocycles. The van der Waals surface area contributed by atoms with Crippen LogP contribution in [0.5, 0.6) is 0 Å². The molecule has 9 rings (SSSR count). The average molecular weight is 855 g/mol. The first-order chi connectivity index (χ1) is 25.8. The Kier molecular flexibility index (Phi) is 11.2. The molecule has 0 amide bonds. The maximum absolute atomic E-state index is 4.49. The molecule has 0 aliphatic heterocycles. The number of hydrogen-bond acceptors (Lipinski definition) is 2. The zero-order chi connectivity index (χ0) is 35.0. The van der Waals surface area contributed by atoms with Gasteiger partial charge in [0, 0.05) is 32.5 Å². The van der Waals surface area contributed by atoms with Crippen LogP contribution in [0, 0.1) is 12.1 Å². The summed E-state index contributed by atoms with van der Waals surface area (Å²) < 4.78 is 0. The van der Waals surface area contributed by atoms with Crippen molar-refractivity contribution < 1.29 is 20.1 Å². The summed E-state index contributed by atoms with van der Waals surface area (Å²) in [5.41, 5.74) is 13.5. The second-order valence-corrected chi connectivity index (χ2v) is 12.5. The fraction of sp³-hybridized carbons (Fsp3) is 0. The van der Waals surface area contributed by atoms with Gasteiger partial charge in [0.2, 0.25) is 0 Å². The van der Waals surface area contributed by atoms with Gasteiger partial charge in [0.1, 0.15) is 0 Å². The molecule has 255 valence electrons. The van der Waals surface area contributed by atoms with E-state index in [1.807, 2.05) is 79.1 Å². The van der Waals surface area contributed by atoms with Crippen molar-refractivity contribution in [3.8, 4) is 67.0 Å². The van der Waals surface area contributed by atoms with Crippen molar-refractivity contribution in [2.24, 2.45) is 0 Å². The van der Waals surface area contributed by atoms with E-state index in [1.165, 1.54) is 49.7 Å². The van der Waals surface area contributed by atoms with Gasteiger partial charge < -0.3 is 9.97 Å². The first-order valence-corrected chi connectivity index (χ1v) is 17.4. The van der Waals surface area contributed by atoms with Crippen molar-refractivity contribution in [1.29, 1.82) is 0 Å². The van der Waals surface area contributed by atoms with Gasteiger partial charge in [0.05, 0.1) is 0 Å². The van der Waals surface area contributed by atoms with Crippen LogP contribution in [-0.4, -0.2) is 9.97 Å². The molecule has 1 radical (unpaired) electrons. The minimum absolute atomic E-state index is 0. The Bertz CT molecular complexity index is 2490. The molecule has 3 heteroatoms. The minimum Gasteiger partial charge on any atom is -0.305 e. The molecule has 0 bridgehead atoms. The summed E-state index contributed by atoms with van der Waals surface area (Å²) in [6.07, 6.45) is 3.67. The number of nitrogens with zero attached hydrogens (tertiary/aromatic N) is 2. The second kappa shape index (κ2) is 16.8. The smallest absolute Gasteiger partial charge is 0.0167 e. The molecule has 0 unspecified atom stereocenters. The summed E-state index contributed by atoms with van der Waals surface area (Å²) in [5.74, 6) is 0. The SMILES string of the molecule is [Ir].[c-]1ccc(-c2cccc(-c3cc(-c4ccccc4)cc(-c4ccccc4)c3)c2)cc1-c1ccccn1.[c-]1ccccc1-c1nccc2ccccc12. The predicted molar refractivity (Wildman–Crippen MR) is 216 cm³/mol. The number of rotatable bonds is 6. The Hall–Kier alpha value is -6.25. The van der Waals surface area contributed by atoms with Crippen molar-refractivity contribution in [3.63, 3.8) is 0 Å². The van der Waals surface area contributed by atoms with Crippen molar-refractivity contribution in [2.45, 2.75) is 0 Å². The monoisotopic (exact) mass is 855 g/mol. The quantitative estimate of drug-likeness (QED) is 0.156. The average Bonchev–Trinajstić information content (AvgIpc) is 3.25. The molecule has 2 heterocycles.